The molecular formula is C16H25ClN2O2. The molecule has 5 heteroatoms. The summed E-state index contributed by atoms with van der Waals surface area (Å²) in [7, 11) is 0. The third kappa shape index (κ3) is 4.43. The average molecular weight is 313 g/mol. The fourth-order valence-electron chi connectivity index (χ4n) is 2.82. The van der Waals surface area contributed by atoms with E-state index < -0.39 is 6.10 Å². The number of hydrogen-bond acceptors (Lipinski definition) is 3. The minimum absolute atomic E-state index is 0. The Kier molecular flexibility index (Phi) is 7.15. The monoisotopic (exact) mass is 312 g/mol. The number of nitrogens with two attached hydrogens (primary N) is 1. The molecule has 3 atom stereocenters. The van der Waals surface area contributed by atoms with Crippen LogP contribution in [0.15, 0.2) is 30.3 Å². The maximum Gasteiger partial charge on any atom is 0.226 e. The first-order valence-electron chi connectivity index (χ1n) is 7.37. The van der Waals surface area contributed by atoms with Crippen molar-refractivity contribution in [2.75, 3.05) is 13.1 Å². The Morgan fingerprint density at radius 1 is 1.43 bits per heavy atom. The number of aliphatic hydroxyl groups excluding tert-OH is 1. The van der Waals surface area contributed by atoms with Crippen molar-refractivity contribution in [3.63, 3.8) is 0 Å². The summed E-state index contributed by atoms with van der Waals surface area (Å²) >= 11 is 0. The van der Waals surface area contributed by atoms with Crippen LogP contribution in [0.4, 0.5) is 0 Å². The van der Waals surface area contributed by atoms with E-state index in [1.165, 1.54) is 0 Å². The molecule has 0 aromatic heterocycles. The number of amides is 1. The Hall–Kier alpha value is -1.10. The van der Waals surface area contributed by atoms with E-state index in [1.54, 1.807) is 0 Å². The number of carbonyl (C=O) groups excluding carboxylic acids is 1. The smallest absolute Gasteiger partial charge is 0.226 e. The van der Waals surface area contributed by atoms with Gasteiger partial charge in [0.15, 0.2) is 0 Å². The zero-order valence-electron chi connectivity index (χ0n) is 12.4. The molecule has 3 N–H and O–H groups in total. The van der Waals surface area contributed by atoms with Gasteiger partial charge in [-0.25, -0.2) is 0 Å². The number of nitrogens with zero attached hydrogens (tertiary/aromatic N) is 1. The first kappa shape index (κ1) is 18.0. The molecule has 1 aliphatic rings. The Morgan fingerprint density at radius 2 is 2.10 bits per heavy atom. The highest BCUT2D eigenvalue weighted by atomic mass is 35.5. The second-order valence-electron chi connectivity index (χ2n) is 5.63. The van der Waals surface area contributed by atoms with E-state index in [0.29, 0.717) is 13.0 Å². The zero-order valence-corrected chi connectivity index (χ0v) is 13.3. The highest BCUT2D eigenvalue weighted by molar-refractivity contribution is 5.85. The molecular weight excluding hydrogens is 288 g/mol. The maximum absolute atomic E-state index is 12.3. The minimum atomic E-state index is -0.511. The van der Waals surface area contributed by atoms with Gasteiger partial charge in [-0.05, 0) is 24.8 Å². The van der Waals surface area contributed by atoms with Crippen molar-refractivity contribution in [2.45, 2.75) is 38.3 Å². The van der Waals surface area contributed by atoms with Crippen molar-refractivity contribution >= 4 is 18.3 Å². The van der Waals surface area contributed by atoms with Gasteiger partial charge in [-0.2, -0.15) is 0 Å². The van der Waals surface area contributed by atoms with Gasteiger partial charge < -0.3 is 15.7 Å². The predicted molar refractivity (Wildman–Crippen MR) is 86.2 cm³/mol. The Bertz CT molecular complexity index is 441. The summed E-state index contributed by atoms with van der Waals surface area (Å²) in [5, 5.41) is 10.3. The van der Waals surface area contributed by atoms with Crippen LogP contribution >= 0.6 is 12.4 Å². The van der Waals surface area contributed by atoms with Gasteiger partial charge in [0.25, 0.3) is 0 Å². The van der Waals surface area contributed by atoms with E-state index in [-0.39, 0.29) is 30.3 Å². The Morgan fingerprint density at radius 3 is 2.71 bits per heavy atom. The standard InChI is InChI=1S/C16H24N2O2.ClH/c1-12(11-17)16(20)18-9-5-8-14(18)10-15(19)13-6-3-2-4-7-13;/h2-4,6-7,12,14-15,19H,5,8-11,17H2,1H3;1H. The summed E-state index contributed by atoms with van der Waals surface area (Å²) in [5.74, 6) is -0.0141. The predicted octanol–water partition coefficient (Wildman–Crippen LogP) is 2.12. The largest absolute Gasteiger partial charge is 0.388 e. The molecule has 1 heterocycles. The fraction of sp³-hybridized carbons (Fsp3) is 0.562. The van der Waals surface area contributed by atoms with Gasteiger partial charge in [0.1, 0.15) is 0 Å². The van der Waals surface area contributed by atoms with Gasteiger partial charge >= 0.3 is 0 Å². The van der Waals surface area contributed by atoms with E-state index in [2.05, 4.69) is 0 Å². The van der Waals surface area contributed by atoms with Crippen molar-refractivity contribution in [3.05, 3.63) is 35.9 Å². The molecule has 3 unspecified atom stereocenters. The average Bonchev–Trinajstić information content (AvgIpc) is 2.94. The van der Waals surface area contributed by atoms with Gasteiger partial charge in [-0.3, -0.25) is 4.79 Å². The van der Waals surface area contributed by atoms with E-state index in [0.717, 1.165) is 24.9 Å². The lowest BCUT2D eigenvalue weighted by molar-refractivity contribution is -0.136. The van der Waals surface area contributed by atoms with E-state index in [4.69, 9.17) is 5.73 Å². The first-order valence-corrected chi connectivity index (χ1v) is 7.37. The van der Waals surface area contributed by atoms with Crippen LogP contribution in [-0.2, 0) is 4.79 Å². The molecule has 4 nitrogen and oxygen atoms in total. The zero-order chi connectivity index (χ0) is 14.5. The maximum atomic E-state index is 12.3. The number of rotatable bonds is 5. The third-order valence-electron chi connectivity index (χ3n) is 4.12. The van der Waals surface area contributed by atoms with Gasteiger partial charge in [-0.1, -0.05) is 37.3 Å². The first-order chi connectivity index (χ1) is 9.63. The lowest BCUT2D eigenvalue weighted by Crippen LogP contribution is -2.41. The Balaban J connectivity index is 0.00000220. The summed E-state index contributed by atoms with van der Waals surface area (Å²) < 4.78 is 0. The number of likely N-dealkylation sites (tertiary alicyclic amines) is 1. The molecule has 21 heavy (non-hydrogen) atoms. The molecule has 1 saturated heterocycles. The summed E-state index contributed by atoms with van der Waals surface area (Å²) in [6.07, 6.45) is 2.07. The molecule has 0 aliphatic carbocycles. The van der Waals surface area contributed by atoms with Gasteiger partial charge in [0.2, 0.25) is 5.91 Å². The Labute approximate surface area is 132 Å². The normalized spacial score (nSPS) is 20.7. The SMILES string of the molecule is CC(CN)C(=O)N1CCCC1CC(O)c1ccccc1.Cl. The van der Waals surface area contributed by atoms with Crippen LogP contribution in [0.1, 0.15) is 37.9 Å². The molecule has 0 bridgehead atoms. The molecule has 1 fully saturated rings. The number of aliphatic hydroxyl groups is 1. The van der Waals surface area contributed by atoms with Crippen LogP contribution in [-0.4, -0.2) is 35.0 Å². The van der Waals surface area contributed by atoms with E-state index in [1.807, 2.05) is 42.2 Å². The molecule has 0 saturated carbocycles. The van der Waals surface area contributed by atoms with Gasteiger partial charge in [-0.15, -0.1) is 12.4 Å². The molecule has 0 spiro atoms. The van der Waals surface area contributed by atoms with Crippen molar-refractivity contribution in [3.8, 4) is 0 Å². The lowest BCUT2D eigenvalue weighted by atomic mass is 10.00. The quantitative estimate of drug-likeness (QED) is 0.875. The second kappa shape index (κ2) is 8.37. The van der Waals surface area contributed by atoms with Crippen molar-refractivity contribution in [1.29, 1.82) is 0 Å². The highest BCUT2D eigenvalue weighted by Crippen LogP contribution is 2.28. The van der Waals surface area contributed by atoms with E-state index >= 15 is 0 Å². The van der Waals surface area contributed by atoms with E-state index in [9.17, 15) is 9.90 Å². The van der Waals surface area contributed by atoms with Crippen LogP contribution in [0, 0.1) is 5.92 Å². The molecule has 1 amide bonds. The van der Waals surface area contributed by atoms with Crippen molar-refractivity contribution in [2.24, 2.45) is 11.7 Å². The molecule has 118 valence electrons. The summed E-state index contributed by atoms with van der Waals surface area (Å²) in [5.41, 5.74) is 6.50. The topological polar surface area (TPSA) is 66.6 Å². The minimum Gasteiger partial charge on any atom is -0.388 e. The fourth-order valence-corrected chi connectivity index (χ4v) is 2.82. The second-order valence-corrected chi connectivity index (χ2v) is 5.63. The van der Waals surface area contributed by atoms with Crippen LogP contribution in [0.25, 0.3) is 0 Å². The number of carbonyl (C=O) groups is 1. The third-order valence-corrected chi connectivity index (χ3v) is 4.12. The van der Waals surface area contributed by atoms with Crippen LogP contribution < -0.4 is 5.73 Å². The number of halogens is 1. The molecule has 1 aliphatic heterocycles. The molecule has 2 rings (SSSR count). The van der Waals surface area contributed by atoms with Gasteiger partial charge in [0.05, 0.1) is 6.10 Å². The van der Waals surface area contributed by atoms with Crippen molar-refractivity contribution < 1.29 is 9.90 Å². The number of hydrogen-bond donors (Lipinski definition) is 2. The summed E-state index contributed by atoms with van der Waals surface area (Å²) in [6, 6.07) is 9.76. The van der Waals surface area contributed by atoms with Crippen LogP contribution in [0.5, 0.6) is 0 Å². The van der Waals surface area contributed by atoms with Crippen LogP contribution in [0.2, 0.25) is 0 Å². The van der Waals surface area contributed by atoms with Gasteiger partial charge in [0, 0.05) is 25.0 Å². The molecule has 0 radical (unpaired) electrons. The summed E-state index contributed by atoms with van der Waals surface area (Å²) in [4.78, 5) is 14.2. The number of benzene rings is 1. The molecule has 1 aromatic carbocycles. The van der Waals surface area contributed by atoms with Crippen LogP contribution in [0.3, 0.4) is 0 Å². The van der Waals surface area contributed by atoms with Crippen molar-refractivity contribution in [1.82, 2.24) is 4.90 Å². The lowest BCUT2D eigenvalue weighted by Gasteiger charge is -2.28. The molecule has 1 aromatic rings. The highest BCUT2D eigenvalue weighted by Gasteiger charge is 2.32. The summed E-state index contributed by atoms with van der Waals surface area (Å²) in [6.45, 7) is 3.03.